The summed E-state index contributed by atoms with van der Waals surface area (Å²) in [6.45, 7) is 6.48. The number of rotatable bonds is 5. The molecular formula is C19H23N3O4S2. The third kappa shape index (κ3) is 2.92. The summed E-state index contributed by atoms with van der Waals surface area (Å²) in [6, 6.07) is 0.0726. The van der Waals surface area contributed by atoms with Crippen LogP contribution in [0.5, 0.6) is 0 Å². The summed E-state index contributed by atoms with van der Waals surface area (Å²) >= 11 is 2.81. The lowest BCUT2D eigenvalue weighted by atomic mass is 9.79. The minimum Gasteiger partial charge on any atom is -0.477 e. The van der Waals surface area contributed by atoms with Crippen molar-refractivity contribution in [2.45, 2.75) is 43.3 Å². The number of hydrogen-bond acceptors (Lipinski definition) is 7. The van der Waals surface area contributed by atoms with Crippen LogP contribution in [0.3, 0.4) is 0 Å². The van der Waals surface area contributed by atoms with Crippen LogP contribution >= 0.6 is 23.1 Å². The van der Waals surface area contributed by atoms with Gasteiger partial charge in [-0.15, -0.1) is 11.3 Å². The molecule has 9 heteroatoms. The molecule has 3 aliphatic heterocycles. The maximum atomic E-state index is 12.4. The number of aromatic nitrogens is 1. The molecule has 0 aromatic carbocycles. The lowest BCUT2D eigenvalue weighted by molar-refractivity contribution is -0.163. The van der Waals surface area contributed by atoms with Crippen LogP contribution in [-0.2, 0) is 9.59 Å². The average Bonchev–Trinajstić information content (AvgIpc) is 3.26. The topological polar surface area (TPSA) is 94.0 Å². The number of hydrogen-bond donors (Lipinski definition) is 2. The van der Waals surface area contributed by atoms with Gasteiger partial charge < -0.3 is 15.1 Å². The summed E-state index contributed by atoms with van der Waals surface area (Å²) in [4.78, 5) is 33.2. The number of aliphatic carboxylic acids is 1. The van der Waals surface area contributed by atoms with E-state index in [1.165, 1.54) is 33.6 Å². The highest BCUT2D eigenvalue weighted by atomic mass is 32.2. The zero-order chi connectivity index (χ0) is 20.3. The summed E-state index contributed by atoms with van der Waals surface area (Å²) in [5.41, 5.74) is 2.14. The molecule has 1 fully saturated rings. The van der Waals surface area contributed by atoms with Gasteiger partial charge in [0.05, 0.1) is 23.8 Å². The van der Waals surface area contributed by atoms with Gasteiger partial charge in [-0.05, 0) is 26.5 Å². The van der Waals surface area contributed by atoms with Gasteiger partial charge in [-0.25, -0.2) is 9.78 Å². The van der Waals surface area contributed by atoms with E-state index < -0.39 is 18.0 Å². The van der Waals surface area contributed by atoms with Gasteiger partial charge in [0.25, 0.3) is 0 Å². The molecule has 4 heterocycles. The minimum atomic E-state index is -1.11. The average molecular weight is 422 g/mol. The molecule has 0 aliphatic carbocycles. The lowest BCUT2D eigenvalue weighted by Gasteiger charge is -2.46. The second kappa shape index (κ2) is 6.98. The van der Waals surface area contributed by atoms with Crippen molar-refractivity contribution in [3.8, 4) is 0 Å². The maximum absolute atomic E-state index is 12.4. The lowest BCUT2D eigenvalue weighted by Crippen LogP contribution is -2.63. The van der Waals surface area contributed by atoms with E-state index in [-0.39, 0.29) is 23.6 Å². The number of thiazole rings is 1. The third-order valence-corrected chi connectivity index (χ3v) is 8.10. The quantitative estimate of drug-likeness (QED) is 0.703. The molecular weight excluding hydrogens is 398 g/mol. The Morgan fingerprint density at radius 3 is 2.71 bits per heavy atom. The first-order chi connectivity index (χ1) is 13.2. The zero-order valence-corrected chi connectivity index (χ0v) is 17.8. The Morgan fingerprint density at radius 2 is 2.14 bits per heavy atom. The van der Waals surface area contributed by atoms with Gasteiger partial charge in [-0.1, -0.05) is 24.8 Å². The van der Waals surface area contributed by atoms with E-state index in [4.69, 9.17) is 4.98 Å². The van der Waals surface area contributed by atoms with E-state index >= 15 is 0 Å². The van der Waals surface area contributed by atoms with Gasteiger partial charge in [0, 0.05) is 28.8 Å². The molecule has 3 aliphatic rings. The Labute approximate surface area is 171 Å². The number of carboxylic acid groups (broad SMARTS) is 1. The Balaban J connectivity index is 1.60. The highest BCUT2D eigenvalue weighted by Gasteiger charge is 2.60. The molecule has 0 spiro atoms. The van der Waals surface area contributed by atoms with E-state index in [0.717, 1.165) is 16.6 Å². The van der Waals surface area contributed by atoms with Crippen molar-refractivity contribution in [3.05, 3.63) is 27.8 Å². The van der Waals surface area contributed by atoms with Gasteiger partial charge in [-0.2, -0.15) is 0 Å². The number of nitrogens with zero attached hydrogens (tertiary/aromatic N) is 3. The number of carboxylic acids is 1. The molecule has 1 aromatic heterocycles. The van der Waals surface area contributed by atoms with Crippen LogP contribution in [0.4, 0.5) is 0 Å². The van der Waals surface area contributed by atoms with Crippen molar-refractivity contribution in [1.29, 1.82) is 0 Å². The summed E-state index contributed by atoms with van der Waals surface area (Å²) in [7, 11) is 2.07. The highest BCUT2D eigenvalue weighted by molar-refractivity contribution is 8.04. The van der Waals surface area contributed by atoms with Crippen LogP contribution in [0.2, 0.25) is 0 Å². The smallest absolute Gasteiger partial charge is 0.353 e. The van der Waals surface area contributed by atoms with Crippen molar-refractivity contribution >= 4 is 40.5 Å². The molecule has 1 aromatic rings. The molecule has 7 nitrogen and oxygen atoms in total. The molecule has 28 heavy (non-hydrogen) atoms. The molecule has 1 saturated heterocycles. The molecule has 0 saturated carbocycles. The molecule has 0 bridgehead atoms. The van der Waals surface area contributed by atoms with Crippen LogP contribution in [-0.4, -0.2) is 68.7 Å². The zero-order valence-electron chi connectivity index (χ0n) is 16.1. The second-order valence-electron chi connectivity index (χ2n) is 7.72. The molecule has 5 atom stereocenters. The van der Waals surface area contributed by atoms with E-state index in [0.29, 0.717) is 10.9 Å². The number of likely N-dealkylation sites (N-methyl/N-ethyl adjacent to an activating group) is 1. The van der Waals surface area contributed by atoms with Crippen molar-refractivity contribution in [2.75, 3.05) is 13.6 Å². The van der Waals surface area contributed by atoms with E-state index in [1.807, 2.05) is 12.3 Å². The third-order valence-electron chi connectivity index (χ3n) is 5.88. The Bertz CT molecular complexity index is 907. The molecule has 150 valence electrons. The van der Waals surface area contributed by atoms with Crippen LogP contribution < -0.4 is 0 Å². The number of carbonyl (C=O) groups is 2. The fourth-order valence-corrected chi connectivity index (χ4v) is 6.37. The van der Waals surface area contributed by atoms with E-state index in [2.05, 4.69) is 24.9 Å². The molecule has 1 amide bonds. The first kappa shape index (κ1) is 19.6. The minimum absolute atomic E-state index is 0.0367. The summed E-state index contributed by atoms with van der Waals surface area (Å²) in [5, 5.41) is 21.7. The highest BCUT2D eigenvalue weighted by Crippen LogP contribution is 2.52. The Hall–Kier alpha value is -1.68. The van der Waals surface area contributed by atoms with Gasteiger partial charge in [0.1, 0.15) is 5.70 Å². The summed E-state index contributed by atoms with van der Waals surface area (Å²) in [6.07, 6.45) is 1.40. The second-order valence-corrected chi connectivity index (χ2v) is 9.87. The van der Waals surface area contributed by atoms with E-state index in [9.17, 15) is 19.8 Å². The van der Waals surface area contributed by atoms with E-state index in [1.54, 1.807) is 6.92 Å². The van der Waals surface area contributed by atoms with Crippen molar-refractivity contribution in [2.24, 2.45) is 11.8 Å². The number of aliphatic hydroxyl groups is 1. The predicted molar refractivity (Wildman–Crippen MR) is 108 cm³/mol. The van der Waals surface area contributed by atoms with Crippen molar-refractivity contribution < 1.29 is 19.8 Å². The van der Waals surface area contributed by atoms with Crippen LogP contribution in [0, 0.1) is 11.8 Å². The van der Waals surface area contributed by atoms with Crippen LogP contribution in [0.1, 0.15) is 26.5 Å². The molecule has 2 N–H and O–H groups in total. The fraction of sp³-hybridized carbons (Fsp3) is 0.526. The van der Waals surface area contributed by atoms with Crippen LogP contribution in [0.15, 0.2) is 26.4 Å². The number of β-lactam (4-membered cyclic amide) rings is 1. The molecule has 0 unspecified atom stereocenters. The Kier molecular flexibility index (Phi) is 4.89. The van der Waals surface area contributed by atoms with Crippen molar-refractivity contribution in [3.63, 3.8) is 0 Å². The first-order valence-electron chi connectivity index (χ1n) is 9.24. The standard InChI is InChI=1S/C19H23N3O4S2/c1-8-5-11(6-21(8)4)12-7-27-19(20-12)28-16-9(2)14-13(10(3)23)17(24)22(14)15(16)18(25)26/h5,7-10,13-14,23H,6H2,1-4H3,(H,25,26)/t8-,9+,10+,13+,14+/m0/s1. The Morgan fingerprint density at radius 1 is 1.43 bits per heavy atom. The monoisotopic (exact) mass is 421 g/mol. The first-order valence-corrected chi connectivity index (χ1v) is 10.9. The molecule has 4 rings (SSSR count). The van der Waals surface area contributed by atoms with Gasteiger partial charge in [-0.3, -0.25) is 9.69 Å². The largest absolute Gasteiger partial charge is 0.477 e. The SMILES string of the molecule is C[C@@H](O)[C@H]1C(=O)N2C(C(=O)O)=C(Sc3nc(C4=C[C@H](C)N(C)C4)cs3)[C@H](C)[C@H]12. The number of amides is 1. The summed E-state index contributed by atoms with van der Waals surface area (Å²) < 4.78 is 0.766. The van der Waals surface area contributed by atoms with Gasteiger partial charge in [0.15, 0.2) is 4.34 Å². The van der Waals surface area contributed by atoms with Gasteiger partial charge in [0.2, 0.25) is 5.91 Å². The van der Waals surface area contributed by atoms with Crippen LogP contribution in [0.25, 0.3) is 5.57 Å². The number of carbonyl (C=O) groups excluding carboxylic acids is 1. The predicted octanol–water partition coefficient (Wildman–Crippen LogP) is 2.11. The number of thioether (sulfide) groups is 1. The fourth-order valence-electron chi connectivity index (χ4n) is 4.25. The normalized spacial score (nSPS) is 31.1. The number of aliphatic hydroxyl groups excluding tert-OH is 1. The summed E-state index contributed by atoms with van der Waals surface area (Å²) in [5.74, 6) is -2.12. The maximum Gasteiger partial charge on any atom is 0.353 e. The van der Waals surface area contributed by atoms with Gasteiger partial charge >= 0.3 is 5.97 Å². The number of fused-ring (bicyclic) bond motifs is 1. The van der Waals surface area contributed by atoms with Crippen molar-refractivity contribution in [1.82, 2.24) is 14.8 Å². The molecule has 0 radical (unpaired) electrons.